The quantitative estimate of drug-likeness (QED) is 0.620. The fourth-order valence-corrected chi connectivity index (χ4v) is 3.41. The van der Waals surface area contributed by atoms with E-state index >= 15 is 0 Å². The largest absolute Gasteiger partial charge is 0.394 e. The average molecular weight is 322 g/mol. The molecule has 0 saturated carbocycles. The number of benzene rings is 1. The number of nitrogens with zero attached hydrogens (tertiary/aromatic N) is 1. The van der Waals surface area contributed by atoms with Gasteiger partial charge in [-0.05, 0) is 24.5 Å². The van der Waals surface area contributed by atoms with Crippen molar-refractivity contribution >= 4 is 11.7 Å². The van der Waals surface area contributed by atoms with Crippen molar-refractivity contribution in [2.24, 2.45) is 0 Å². The lowest BCUT2D eigenvalue weighted by Gasteiger charge is -2.27. The number of hydrogen-bond acceptors (Lipinski definition) is 5. The first-order valence-corrected chi connectivity index (χ1v) is 7.80. The normalized spacial score (nSPS) is 31.2. The molecule has 2 saturated heterocycles. The maximum Gasteiger partial charge on any atom is 0.324 e. The number of para-hydroxylation sites is 1. The molecule has 2 heterocycles. The number of rotatable bonds is 4. The van der Waals surface area contributed by atoms with Gasteiger partial charge in [-0.1, -0.05) is 25.1 Å². The van der Waals surface area contributed by atoms with Gasteiger partial charge in [-0.25, -0.2) is 4.79 Å². The fourth-order valence-electron chi connectivity index (χ4n) is 3.41. The molecule has 0 unspecified atom stereocenters. The topological polar surface area (TPSA) is 102 Å². The Morgan fingerprint density at radius 2 is 2.17 bits per heavy atom. The summed E-state index contributed by atoms with van der Waals surface area (Å²) in [4.78, 5) is 13.9. The van der Waals surface area contributed by atoms with Crippen LogP contribution in [0.1, 0.15) is 18.1 Å². The van der Waals surface area contributed by atoms with Crippen LogP contribution >= 0.6 is 0 Å². The predicted molar refractivity (Wildman–Crippen MR) is 83.1 cm³/mol. The number of hydrogen-bond donors (Lipinski definition) is 4. The number of ether oxygens (including phenoxy) is 1. The molecule has 7 nitrogen and oxygen atoms in total. The lowest BCUT2D eigenvalue weighted by molar-refractivity contribution is -0.0804. The van der Waals surface area contributed by atoms with Gasteiger partial charge in [0, 0.05) is 0 Å². The van der Waals surface area contributed by atoms with E-state index in [9.17, 15) is 15.0 Å². The molecule has 0 aromatic heterocycles. The van der Waals surface area contributed by atoms with Crippen molar-refractivity contribution in [3.8, 4) is 0 Å². The number of carbonyl (C=O) groups is 1. The molecule has 1 aromatic carbocycles. The van der Waals surface area contributed by atoms with Crippen molar-refractivity contribution in [3.63, 3.8) is 0 Å². The summed E-state index contributed by atoms with van der Waals surface area (Å²) in [6, 6.07) is 4.83. The Bertz CT molecular complexity index is 608. The Labute approximate surface area is 134 Å². The second kappa shape index (κ2) is 6.09. The predicted octanol–water partition coefficient (Wildman–Crippen LogP) is -0.105. The summed E-state index contributed by atoms with van der Waals surface area (Å²) in [5.74, 6) is 0. The van der Waals surface area contributed by atoms with Crippen LogP contribution < -0.4 is 10.2 Å². The van der Waals surface area contributed by atoms with Gasteiger partial charge in [0.05, 0.1) is 12.3 Å². The first-order chi connectivity index (χ1) is 11.0. The van der Waals surface area contributed by atoms with Gasteiger partial charge in [0.15, 0.2) is 6.23 Å². The standard InChI is InChI=1S/C16H22N2O5/c1-3-9-6-4-5-8(2)12(9)18-15-11(17-16(18)22)13(21)14(23-15)10(20)7-19/h4-6,10-11,13-15,19-21H,3,7H2,1-2H3,(H,17,22)/t10-,11-,13-,14-,15+/m1/s1. The first-order valence-electron chi connectivity index (χ1n) is 7.80. The van der Waals surface area contributed by atoms with Crippen LogP contribution in [0.4, 0.5) is 10.5 Å². The number of urea groups is 1. The Balaban J connectivity index is 1.97. The third kappa shape index (κ3) is 2.49. The highest BCUT2D eigenvalue weighted by atomic mass is 16.6. The molecule has 2 aliphatic heterocycles. The zero-order valence-corrected chi connectivity index (χ0v) is 13.1. The molecular weight excluding hydrogens is 300 g/mol. The summed E-state index contributed by atoms with van der Waals surface area (Å²) in [5, 5.41) is 31.9. The number of aliphatic hydroxyl groups is 3. The molecule has 0 radical (unpaired) electrons. The molecule has 3 rings (SSSR count). The maximum absolute atomic E-state index is 12.4. The van der Waals surface area contributed by atoms with Crippen LogP contribution in [0.15, 0.2) is 18.2 Å². The molecule has 7 heteroatoms. The van der Waals surface area contributed by atoms with E-state index in [1.54, 1.807) is 0 Å². The number of nitrogens with one attached hydrogen (secondary N) is 1. The van der Waals surface area contributed by atoms with Gasteiger partial charge in [-0.2, -0.15) is 0 Å². The van der Waals surface area contributed by atoms with E-state index in [0.717, 1.165) is 23.2 Å². The molecule has 4 N–H and O–H groups in total. The van der Waals surface area contributed by atoms with E-state index in [2.05, 4.69) is 5.32 Å². The number of aliphatic hydroxyl groups excluding tert-OH is 3. The van der Waals surface area contributed by atoms with Gasteiger partial charge in [0.1, 0.15) is 24.4 Å². The van der Waals surface area contributed by atoms with E-state index in [1.165, 1.54) is 4.90 Å². The molecule has 0 spiro atoms. The third-order valence-corrected chi connectivity index (χ3v) is 4.58. The first kappa shape index (κ1) is 16.2. The number of fused-ring (bicyclic) bond motifs is 1. The number of carbonyl (C=O) groups excluding carboxylic acids is 1. The van der Waals surface area contributed by atoms with Crippen LogP contribution in [0, 0.1) is 6.92 Å². The fraction of sp³-hybridized carbons (Fsp3) is 0.562. The Hall–Kier alpha value is -1.67. The molecule has 2 amide bonds. The Morgan fingerprint density at radius 1 is 1.43 bits per heavy atom. The van der Waals surface area contributed by atoms with Crippen LogP contribution in [0.5, 0.6) is 0 Å². The van der Waals surface area contributed by atoms with Crippen molar-refractivity contribution in [1.29, 1.82) is 0 Å². The molecule has 0 bridgehead atoms. The number of anilines is 1. The summed E-state index contributed by atoms with van der Waals surface area (Å²) in [7, 11) is 0. The monoisotopic (exact) mass is 322 g/mol. The second-order valence-electron chi connectivity index (χ2n) is 6.01. The van der Waals surface area contributed by atoms with Crippen LogP contribution in [0.25, 0.3) is 0 Å². The van der Waals surface area contributed by atoms with E-state index in [-0.39, 0.29) is 6.03 Å². The van der Waals surface area contributed by atoms with E-state index in [1.807, 2.05) is 32.0 Å². The Kier molecular flexibility index (Phi) is 4.29. The summed E-state index contributed by atoms with van der Waals surface area (Å²) < 4.78 is 5.72. The van der Waals surface area contributed by atoms with Crippen molar-refractivity contribution in [2.45, 2.75) is 50.8 Å². The van der Waals surface area contributed by atoms with Crippen LogP contribution in [-0.2, 0) is 11.2 Å². The van der Waals surface area contributed by atoms with Crippen LogP contribution in [-0.4, -0.2) is 58.5 Å². The molecule has 1 aromatic rings. The van der Waals surface area contributed by atoms with Crippen molar-refractivity contribution < 1.29 is 24.9 Å². The third-order valence-electron chi connectivity index (χ3n) is 4.58. The molecule has 2 aliphatic rings. The van der Waals surface area contributed by atoms with Crippen LogP contribution in [0.2, 0.25) is 0 Å². The lowest BCUT2D eigenvalue weighted by Crippen LogP contribution is -2.45. The highest BCUT2D eigenvalue weighted by Gasteiger charge is 2.55. The maximum atomic E-state index is 12.4. The van der Waals surface area contributed by atoms with Crippen molar-refractivity contribution in [3.05, 3.63) is 29.3 Å². The van der Waals surface area contributed by atoms with E-state index in [0.29, 0.717) is 0 Å². The van der Waals surface area contributed by atoms with Gasteiger partial charge < -0.3 is 25.4 Å². The molecule has 23 heavy (non-hydrogen) atoms. The van der Waals surface area contributed by atoms with Crippen molar-refractivity contribution in [2.75, 3.05) is 11.5 Å². The van der Waals surface area contributed by atoms with Gasteiger partial charge >= 0.3 is 6.03 Å². The minimum atomic E-state index is -1.20. The number of aryl methyl sites for hydroxylation is 2. The highest BCUT2D eigenvalue weighted by Crippen LogP contribution is 2.37. The number of amides is 2. The van der Waals surface area contributed by atoms with Gasteiger partial charge in [0.25, 0.3) is 0 Å². The molecule has 2 fully saturated rings. The Morgan fingerprint density at radius 3 is 2.83 bits per heavy atom. The highest BCUT2D eigenvalue weighted by molar-refractivity contribution is 5.97. The van der Waals surface area contributed by atoms with Crippen LogP contribution in [0.3, 0.4) is 0 Å². The minimum Gasteiger partial charge on any atom is -0.394 e. The zero-order chi connectivity index (χ0) is 16.7. The molecular formula is C16H22N2O5. The SMILES string of the molecule is CCc1cccc(C)c1N1C(=O)N[C@@H]2[C@@H](O)[C@@H]([C@H](O)CO)O[C@@H]21. The summed E-state index contributed by atoms with van der Waals surface area (Å²) in [6.45, 7) is 3.41. The lowest BCUT2D eigenvalue weighted by atomic mass is 10.0. The van der Waals surface area contributed by atoms with E-state index in [4.69, 9.17) is 9.84 Å². The van der Waals surface area contributed by atoms with Gasteiger partial charge in [-0.15, -0.1) is 0 Å². The summed E-state index contributed by atoms with van der Waals surface area (Å²) in [6.07, 6.45) is -3.17. The van der Waals surface area contributed by atoms with Crippen molar-refractivity contribution in [1.82, 2.24) is 5.32 Å². The average Bonchev–Trinajstić information content (AvgIpc) is 3.02. The smallest absolute Gasteiger partial charge is 0.324 e. The van der Waals surface area contributed by atoms with Gasteiger partial charge in [0.2, 0.25) is 0 Å². The van der Waals surface area contributed by atoms with E-state index < -0.39 is 37.2 Å². The minimum absolute atomic E-state index is 0.333. The van der Waals surface area contributed by atoms with Gasteiger partial charge in [-0.3, -0.25) is 4.90 Å². The second-order valence-corrected chi connectivity index (χ2v) is 6.01. The molecule has 0 aliphatic carbocycles. The molecule has 126 valence electrons. The summed E-state index contributed by atoms with van der Waals surface area (Å²) in [5.41, 5.74) is 2.71. The zero-order valence-electron chi connectivity index (χ0n) is 13.1. The molecule has 5 atom stereocenters. The summed E-state index contributed by atoms with van der Waals surface area (Å²) >= 11 is 0.